The number of nitrogens with zero attached hydrogens (tertiary/aromatic N) is 2. The van der Waals surface area contributed by atoms with Crippen molar-refractivity contribution >= 4 is 0 Å². The molecule has 0 spiro atoms. The summed E-state index contributed by atoms with van der Waals surface area (Å²) in [5.41, 5.74) is 2.27. The van der Waals surface area contributed by atoms with Crippen molar-refractivity contribution in [2.45, 2.75) is 66.3 Å². The number of aromatic hydroxyl groups is 1. The molecule has 3 heteroatoms. The smallest absolute Gasteiger partial charge is 0.233 e. The lowest BCUT2D eigenvalue weighted by molar-refractivity contribution is 0.413. The molecule has 0 unspecified atom stereocenters. The molecule has 0 radical (unpaired) electrons. The number of unbranched alkanes of at least 4 members (excludes halogenated alkanes) is 1. The van der Waals surface area contributed by atoms with Gasteiger partial charge in [0.2, 0.25) is 5.88 Å². The monoisotopic (exact) mass is 238 g/mol. The van der Waals surface area contributed by atoms with Crippen LogP contribution in [0.5, 0.6) is 5.88 Å². The van der Waals surface area contributed by atoms with Gasteiger partial charge in [-0.2, -0.15) is 0 Å². The normalized spacial score (nSPS) is 11.7. The summed E-state index contributed by atoms with van der Waals surface area (Å²) in [6.07, 6.45) is 3.20. The van der Waals surface area contributed by atoms with Crippen LogP contribution in [0, 0.1) is 5.92 Å². The number of hydrogen-bond donors (Lipinski definition) is 1. The Bertz CT molecular complexity index is 353. The zero-order chi connectivity index (χ0) is 13.0. The van der Waals surface area contributed by atoms with Crippen molar-refractivity contribution in [1.82, 2.24) is 9.78 Å². The second-order valence-corrected chi connectivity index (χ2v) is 5.52. The van der Waals surface area contributed by atoms with Gasteiger partial charge in [0, 0.05) is 17.8 Å². The molecule has 3 nitrogen and oxygen atoms in total. The topological polar surface area (TPSA) is 38.1 Å². The predicted molar refractivity (Wildman–Crippen MR) is 71.4 cm³/mol. The molecule has 0 aliphatic heterocycles. The van der Waals surface area contributed by atoms with Crippen molar-refractivity contribution in [2.75, 3.05) is 0 Å². The van der Waals surface area contributed by atoms with Gasteiger partial charge in [0.15, 0.2) is 0 Å². The second kappa shape index (κ2) is 6.08. The van der Waals surface area contributed by atoms with Gasteiger partial charge in [-0.05, 0) is 24.7 Å². The summed E-state index contributed by atoms with van der Waals surface area (Å²) in [4.78, 5) is 0. The van der Waals surface area contributed by atoms with Gasteiger partial charge in [0.05, 0.1) is 0 Å². The fraction of sp³-hybridized carbons (Fsp3) is 0.786. The minimum Gasteiger partial charge on any atom is -0.492 e. The van der Waals surface area contributed by atoms with Crippen molar-refractivity contribution in [3.05, 3.63) is 11.3 Å². The van der Waals surface area contributed by atoms with Gasteiger partial charge in [-0.1, -0.05) is 41.0 Å². The molecule has 0 saturated carbocycles. The molecule has 1 N–H and O–H groups in total. The van der Waals surface area contributed by atoms with E-state index in [1.54, 1.807) is 0 Å². The zero-order valence-electron chi connectivity index (χ0n) is 11.8. The van der Waals surface area contributed by atoms with Crippen molar-refractivity contribution in [1.29, 1.82) is 0 Å². The first-order valence-corrected chi connectivity index (χ1v) is 6.75. The molecule has 0 aromatic carbocycles. The highest BCUT2D eigenvalue weighted by Crippen LogP contribution is 2.29. The third-order valence-electron chi connectivity index (χ3n) is 2.94. The molecular weight excluding hydrogens is 212 g/mol. The van der Waals surface area contributed by atoms with Crippen LogP contribution >= 0.6 is 0 Å². The maximum Gasteiger partial charge on any atom is 0.233 e. The lowest BCUT2D eigenvalue weighted by Gasteiger charge is -2.13. The van der Waals surface area contributed by atoms with E-state index in [0.717, 1.165) is 31.4 Å². The fourth-order valence-corrected chi connectivity index (χ4v) is 2.22. The van der Waals surface area contributed by atoms with Gasteiger partial charge in [-0.25, -0.2) is 0 Å². The average molecular weight is 238 g/mol. The first kappa shape index (κ1) is 14.1. The van der Waals surface area contributed by atoms with Gasteiger partial charge >= 0.3 is 0 Å². The second-order valence-electron chi connectivity index (χ2n) is 5.52. The Morgan fingerprint density at radius 2 is 1.88 bits per heavy atom. The Kier molecular flexibility index (Phi) is 5.03. The quantitative estimate of drug-likeness (QED) is 0.820. The highest BCUT2D eigenvalue weighted by Gasteiger charge is 2.19. The molecule has 0 fully saturated rings. The summed E-state index contributed by atoms with van der Waals surface area (Å²) in [6, 6.07) is 0. The molecule has 1 rings (SSSR count). The molecular formula is C14H26N2O. The van der Waals surface area contributed by atoms with Crippen molar-refractivity contribution in [2.24, 2.45) is 5.92 Å². The Morgan fingerprint density at radius 1 is 1.24 bits per heavy atom. The van der Waals surface area contributed by atoms with Crippen LogP contribution in [0.25, 0.3) is 0 Å². The van der Waals surface area contributed by atoms with E-state index < -0.39 is 0 Å². The Balaban J connectivity index is 3.05. The number of aromatic nitrogens is 2. The van der Waals surface area contributed by atoms with Crippen molar-refractivity contribution in [3.8, 4) is 5.88 Å². The van der Waals surface area contributed by atoms with E-state index in [-0.39, 0.29) is 5.88 Å². The first-order chi connectivity index (χ1) is 7.97. The molecule has 0 atom stereocenters. The van der Waals surface area contributed by atoms with Crippen LogP contribution in [-0.2, 0) is 13.0 Å². The minimum absolute atomic E-state index is 0.239. The summed E-state index contributed by atoms with van der Waals surface area (Å²) < 4.78 is 2.00. The first-order valence-electron chi connectivity index (χ1n) is 6.75. The van der Waals surface area contributed by atoms with Gasteiger partial charge in [-0.3, -0.25) is 4.68 Å². The number of hydrogen-bond acceptors (Lipinski definition) is 2. The number of rotatable bonds is 6. The molecule has 0 amide bonds. The highest BCUT2D eigenvalue weighted by molar-refractivity contribution is 5.32. The molecule has 1 aromatic heterocycles. The van der Waals surface area contributed by atoms with Crippen LogP contribution in [0.4, 0.5) is 0 Å². The van der Waals surface area contributed by atoms with Gasteiger partial charge in [-0.15, -0.1) is 5.10 Å². The maximum atomic E-state index is 9.97. The largest absolute Gasteiger partial charge is 0.492 e. The van der Waals surface area contributed by atoms with E-state index in [4.69, 9.17) is 0 Å². The maximum absolute atomic E-state index is 9.97. The Labute approximate surface area is 105 Å². The lowest BCUT2D eigenvalue weighted by Crippen LogP contribution is -2.11. The Hall–Kier alpha value is -0.990. The third kappa shape index (κ3) is 3.48. The van der Waals surface area contributed by atoms with Crippen molar-refractivity contribution < 1.29 is 5.11 Å². The van der Waals surface area contributed by atoms with Crippen LogP contribution in [0.1, 0.15) is 64.6 Å². The standard InChI is InChI=1S/C14H26N2O/c1-6-7-8-12-13(11(4)5)16(9-10(2)3)15-14(12)17/h10-11H,6-9H2,1-5H3,(H,15,17). The van der Waals surface area contributed by atoms with E-state index in [2.05, 4.69) is 39.7 Å². The van der Waals surface area contributed by atoms with Crippen LogP contribution in [0.2, 0.25) is 0 Å². The molecule has 17 heavy (non-hydrogen) atoms. The minimum atomic E-state index is 0.239. The van der Waals surface area contributed by atoms with E-state index in [9.17, 15) is 5.11 Å². The van der Waals surface area contributed by atoms with Crippen LogP contribution < -0.4 is 0 Å². The fourth-order valence-electron chi connectivity index (χ4n) is 2.22. The zero-order valence-corrected chi connectivity index (χ0v) is 11.8. The third-order valence-corrected chi connectivity index (χ3v) is 2.94. The molecule has 1 heterocycles. The van der Waals surface area contributed by atoms with Gasteiger partial charge in [0.25, 0.3) is 0 Å². The molecule has 98 valence electrons. The van der Waals surface area contributed by atoms with E-state index in [0.29, 0.717) is 11.8 Å². The van der Waals surface area contributed by atoms with Crippen molar-refractivity contribution in [3.63, 3.8) is 0 Å². The predicted octanol–water partition coefficient (Wildman–Crippen LogP) is 3.71. The Morgan fingerprint density at radius 3 is 2.35 bits per heavy atom. The average Bonchev–Trinajstić information content (AvgIpc) is 2.50. The van der Waals surface area contributed by atoms with Gasteiger partial charge < -0.3 is 5.11 Å². The summed E-state index contributed by atoms with van der Waals surface area (Å²) in [7, 11) is 0. The summed E-state index contributed by atoms with van der Waals surface area (Å²) >= 11 is 0. The van der Waals surface area contributed by atoms with Crippen LogP contribution in [0.15, 0.2) is 0 Å². The van der Waals surface area contributed by atoms with E-state index in [1.165, 1.54) is 5.69 Å². The summed E-state index contributed by atoms with van der Waals surface area (Å²) in [6.45, 7) is 11.7. The molecule has 1 aromatic rings. The van der Waals surface area contributed by atoms with Crippen LogP contribution in [0.3, 0.4) is 0 Å². The lowest BCUT2D eigenvalue weighted by atomic mass is 10.0. The molecule has 0 bridgehead atoms. The highest BCUT2D eigenvalue weighted by atomic mass is 16.3. The molecule has 0 saturated heterocycles. The van der Waals surface area contributed by atoms with E-state index in [1.807, 2.05) is 4.68 Å². The van der Waals surface area contributed by atoms with Crippen LogP contribution in [-0.4, -0.2) is 14.9 Å². The summed E-state index contributed by atoms with van der Waals surface area (Å²) in [5, 5.41) is 14.3. The van der Waals surface area contributed by atoms with Gasteiger partial charge in [0.1, 0.15) is 0 Å². The SMILES string of the molecule is CCCCc1c(O)nn(CC(C)C)c1C(C)C. The van der Waals surface area contributed by atoms with E-state index >= 15 is 0 Å². The molecule has 0 aliphatic carbocycles. The summed E-state index contributed by atoms with van der Waals surface area (Å²) in [5.74, 6) is 1.20. The molecule has 0 aliphatic rings.